The number of anilines is 1. The molecule has 1 N–H and O–H groups in total. The molecule has 1 rings (SSSR count). The summed E-state index contributed by atoms with van der Waals surface area (Å²) in [5.41, 5.74) is 0.801. The number of halogens is 2. The van der Waals surface area contributed by atoms with Gasteiger partial charge >= 0.3 is 0 Å². The highest BCUT2D eigenvalue weighted by Gasteiger charge is 2.12. The second kappa shape index (κ2) is 7.84. The summed E-state index contributed by atoms with van der Waals surface area (Å²) in [7, 11) is 3.18. The lowest BCUT2D eigenvalue weighted by molar-refractivity contribution is -0.0914. The van der Waals surface area contributed by atoms with Crippen LogP contribution in [0.25, 0.3) is 0 Å². The van der Waals surface area contributed by atoms with Crippen molar-refractivity contribution >= 4 is 33.2 Å². The Hall–Kier alpha value is -0.490. The van der Waals surface area contributed by atoms with Gasteiger partial charge in [-0.25, -0.2) is 0 Å². The van der Waals surface area contributed by atoms with Crippen LogP contribution < -0.4 is 10.1 Å². The minimum atomic E-state index is -0.322. The summed E-state index contributed by atoms with van der Waals surface area (Å²) in [6, 6.07) is 3.60. The molecule has 0 fully saturated rings. The van der Waals surface area contributed by atoms with Gasteiger partial charge in [-0.05, 0) is 35.0 Å². The van der Waals surface area contributed by atoms with Crippen molar-refractivity contribution in [1.82, 2.24) is 0 Å². The SMILES string of the molecule is CCOc1c(Br)cc(Cl)cc1NCC(OC)OC. The topological polar surface area (TPSA) is 39.7 Å². The number of nitrogens with one attached hydrogen (secondary N) is 1. The summed E-state index contributed by atoms with van der Waals surface area (Å²) < 4.78 is 16.6. The molecule has 1 aromatic rings. The maximum Gasteiger partial charge on any atom is 0.173 e. The minimum absolute atomic E-state index is 0.322. The first kappa shape index (κ1) is 15.6. The Morgan fingerprint density at radius 1 is 1.33 bits per heavy atom. The quantitative estimate of drug-likeness (QED) is 0.772. The van der Waals surface area contributed by atoms with Crippen LogP contribution in [0.5, 0.6) is 5.75 Å². The maximum atomic E-state index is 6.02. The standard InChI is InChI=1S/C12H17BrClNO3/c1-4-18-12-9(13)5-8(14)6-10(12)15-7-11(16-2)17-3/h5-6,11,15H,4,7H2,1-3H3. The molecule has 0 aliphatic rings. The average molecular weight is 339 g/mol. The van der Waals surface area contributed by atoms with E-state index in [1.807, 2.05) is 6.92 Å². The summed E-state index contributed by atoms with van der Waals surface area (Å²) in [6.45, 7) is 3.00. The van der Waals surface area contributed by atoms with Gasteiger partial charge in [0.05, 0.1) is 23.3 Å². The Balaban J connectivity index is 2.85. The normalized spacial score (nSPS) is 10.8. The van der Waals surface area contributed by atoms with Gasteiger partial charge in [0, 0.05) is 19.2 Å². The second-order valence-corrected chi connectivity index (χ2v) is 4.77. The van der Waals surface area contributed by atoms with Crippen LogP contribution in [0.1, 0.15) is 6.92 Å². The third-order valence-corrected chi connectivity index (χ3v) is 3.09. The molecule has 1 aromatic carbocycles. The van der Waals surface area contributed by atoms with E-state index in [2.05, 4.69) is 21.2 Å². The Labute approximate surface area is 121 Å². The first-order valence-electron chi connectivity index (χ1n) is 5.53. The number of methoxy groups -OCH3 is 2. The van der Waals surface area contributed by atoms with Gasteiger partial charge in [0.2, 0.25) is 0 Å². The highest BCUT2D eigenvalue weighted by molar-refractivity contribution is 9.10. The Morgan fingerprint density at radius 3 is 2.56 bits per heavy atom. The molecule has 0 aliphatic heterocycles. The van der Waals surface area contributed by atoms with E-state index in [1.165, 1.54) is 0 Å². The van der Waals surface area contributed by atoms with E-state index < -0.39 is 0 Å². The molecule has 0 bridgehead atoms. The van der Waals surface area contributed by atoms with E-state index in [4.69, 9.17) is 25.8 Å². The van der Waals surface area contributed by atoms with Crippen molar-refractivity contribution in [2.75, 3.05) is 32.7 Å². The van der Waals surface area contributed by atoms with Crippen molar-refractivity contribution < 1.29 is 14.2 Å². The molecular weight excluding hydrogens is 321 g/mol. The molecule has 0 saturated carbocycles. The molecule has 18 heavy (non-hydrogen) atoms. The number of hydrogen-bond donors (Lipinski definition) is 1. The zero-order valence-corrected chi connectivity index (χ0v) is 13.0. The lowest BCUT2D eigenvalue weighted by Gasteiger charge is -2.18. The predicted octanol–water partition coefficient (Wildman–Crippen LogP) is 3.53. The molecule has 0 unspecified atom stereocenters. The van der Waals surface area contributed by atoms with Crippen LogP contribution in [-0.4, -0.2) is 33.7 Å². The Kier molecular flexibility index (Phi) is 6.78. The van der Waals surface area contributed by atoms with Gasteiger partial charge in [-0.2, -0.15) is 0 Å². The maximum absolute atomic E-state index is 6.02. The van der Waals surface area contributed by atoms with Crippen LogP contribution in [-0.2, 0) is 9.47 Å². The van der Waals surface area contributed by atoms with Gasteiger partial charge in [-0.3, -0.25) is 0 Å². The molecule has 6 heteroatoms. The highest BCUT2D eigenvalue weighted by atomic mass is 79.9. The predicted molar refractivity (Wildman–Crippen MR) is 76.6 cm³/mol. The third kappa shape index (κ3) is 4.31. The van der Waals surface area contributed by atoms with Crippen LogP contribution in [0, 0.1) is 0 Å². The summed E-state index contributed by atoms with van der Waals surface area (Å²) in [5.74, 6) is 0.729. The van der Waals surface area contributed by atoms with E-state index >= 15 is 0 Å². The van der Waals surface area contributed by atoms with Crippen LogP contribution >= 0.6 is 27.5 Å². The van der Waals surface area contributed by atoms with Gasteiger partial charge in [-0.1, -0.05) is 11.6 Å². The highest BCUT2D eigenvalue weighted by Crippen LogP contribution is 2.36. The van der Waals surface area contributed by atoms with Gasteiger partial charge in [0.1, 0.15) is 0 Å². The molecule has 0 amide bonds. The fourth-order valence-electron chi connectivity index (χ4n) is 1.44. The average Bonchev–Trinajstić information content (AvgIpc) is 2.34. The Bertz CT molecular complexity index is 386. The van der Waals surface area contributed by atoms with Crippen LogP contribution in [0.4, 0.5) is 5.69 Å². The second-order valence-electron chi connectivity index (χ2n) is 3.48. The Morgan fingerprint density at radius 2 is 2.00 bits per heavy atom. The van der Waals surface area contributed by atoms with Gasteiger partial charge < -0.3 is 19.5 Å². The van der Waals surface area contributed by atoms with Crippen LogP contribution in [0.3, 0.4) is 0 Å². The number of benzene rings is 1. The lowest BCUT2D eigenvalue weighted by Crippen LogP contribution is -2.23. The molecule has 0 atom stereocenters. The van der Waals surface area contributed by atoms with Crippen LogP contribution in [0.2, 0.25) is 5.02 Å². The molecule has 4 nitrogen and oxygen atoms in total. The molecule has 0 heterocycles. The molecular formula is C12H17BrClNO3. The van der Waals surface area contributed by atoms with E-state index in [-0.39, 0.29) is 6.29 Å². The van der Waals surface area contributed by atoms with Gasteiger partial charge in [0.15, 0.2) is 12.0 Å². The zero-order valence-electron chi connectivity index (χ0n) is 10.6. The van der Waals surface area contributed by atoms with Crippen LogP contribution in [0.15, 0.2) is 16.6 Å². The summed E-state index contributed by atoms with van der Waals surface area (Å²) in [6.07, 6.45) is -0.322. The summed E-state index contributed by atoms with van der Waals surface area (Å²) in [5, 5.41) is 3.82. The van der Waals surface area contributed by atoms with Crippen molar-refractivity contribution in [3.63, 3.8) is 0 Å². The van der Waals surface area contributed by atoms with Gasteiger partial charge in [0.25, 0.3) is 0 Å². The van der Waals surface area contributed by atoms with E-state index in [0.717, 1.165) is 15.9 Å². The number of hydrogen-bond acceptors (Lipinski definition) is 4. The van der Waals surface area contributed by atoms with Crippen molar-refractivity contribution in [3.05, 3.63) is 21.6 Å². The van der Waals surface area contributed by atoms with Crippen molar-refractivity contribution in [2.45, 2.75) is 13.2 Å². The first-order valence-corrected chi connectivity index (χ1v) is 6.70. The number of rotatable bonds is 7. The molecule has 0 aromatic heterocycles. The van der Waals surface area contributed by atoms with E-state index in [9.17, 15) is 0 Å². The lowest BCUT2D eigenvalue weighted by atomic mass is 10.3. The monoisotopic (exact) mass is 337 g/mol. The van der Waals surface area contributed by atoms with Crippen molar-refractivity contribution in [3.8, 4) is 5.75 Å². The van der Waals surface area contributed by atoms with E-state index in [1.54, 1.807) is 26.4 Å². The largest absolute Gasteiger partial charge is 0.491 e. The fraction of sp³-hybridized carbons (Fsp3) is 0.500. The molecule has 0 aliphatic carbocycles. The first-order chi connectivity index (χ1) is 8.62. The number of ether oxygens (including phenoxy) is 3. The molecule has 102 valence electrons. The van der Waals surface area contributed by atoms with E-state index in [0.29, 0.717) is 18.2 Å². The zero-order chi connectivity index (χ0) is 13.5. The molecule has 0 saturated heterocycles. The molecule has 0 radical (unpaired) electrons. The minimum Gasteiger partial charge on any atom is -0.491 e. The molecule has 0 spiro atoms. The third-order valence-electron chi connectivity index (χ3n) is 2.28. The fourth-order valence-corrected chi connectivity index (χ4v) is 2.36. The summed E-state index contributed by atoms with van der Waals surface area (Å²) >= 11 is 9.45. The van der Waals surface area contributed by atoms with Crippen molar-refractivity contribution in [2.24, 2.45) is 0 Å². The van der Waals surface area contributed by atoms with Gasteiger partial charge in [-0.15, -0.1) is 0 Å². The van der Waals surface area contributed by atoms with Crippen molar-refractivity contribution in [1.29, 1.82) is 0 Å². The smallest absolute Gasteiger partial charge is 0.173 e. The summed E-state index contributed by atoms with van der Waals surface area (Å²) in [4.78, 5) is 0.